The minimum atomic E-state index is -0.341. The molecule has 21 heavy (non-hydrogen) atoms. The number of amides is 1. The fraction of sp³-hybridized carbons (Fsp3) is 0.118. The van der Waals surface area contributed by atoms with Gasteiger partial charge in [-0.3, -0.25) is 4.79 Å². The second-order valence-corrected chi connectivity index (χ2v) is 4.93. The smallest absolute Gasteiger partial charge is 0.247 e. The van der Waals surface area contributed by atoms with Crippen molar-refractivity contribution in [1.29, 1.82) is 0 Å². The van der Waals surface area contributed by atoms with Crippen molar-refractivity contribution < 1.29 is 4.79 Å². The van der Waals surface area contributed by atoms with Crippen molar-refractivity contribution in [3.05, 3.63) is 71.8 Å². The summed E-state index contributed by atoms with van der Waals surface area (Å²) in [6, 6.07) is 12.9. The summed E-state index contributed by atoms with van der Waals surface area (Å²) in [5.41, 5.74) is 16.5. The van der Waals surface area contributed by atoms with Gasteiger partial charge in [0.15, 0.2) is 0 Å². The summed E-state index contributed by atoms with van der Waals surface area (Å²) in [4.78, 5) is 11.3. The van der Waals surface area contributed by atoms with Crippen molar-refractivity contribution in [1.82, 2.24) is 0 Å². The molecule has 2 aromatic carbocycles. The Balaban J connectivity index is 2.30. The van der Waals surface area contributed by atoms with Gasteiger partial charge in [0.1, 0.15) is 0 Å². The molecule has 0 saturated heterocycles. The number of nitrogen functional groups attached to an aromatic ring is 1. The van der Waals surface area contributed by atoms with Crippen LogP contribution in [-0.4, -0.2) is 5.91 Å². The van der Waals surface area contributed by atoms with E-state index in [1.54, 1.807) is 6.07 Å². The molecule has 1 amide bonds. The van der Waals surface area contributed by atoms with Crippen LogP contribution in [0.3, 0.4) is 0 Å². The zero-order valence-corrected chi connectivity index (χ0v) is 12.0. The lowest BCUT2D eigenvalue weighted by Crippen LogP contribution is -2.15. The molecule has 4 heteroatoms. The molecule has 0 radical (unpaired) electrons. The van der Waals surface area contributed by atoms with E-state index in [4.69, 9.17) is 11.5 Å². The number of benzene rings is 2. The third-order valence-electron chi connectivity index (χ3n) is 3.28. The highest BCUT2D eigenvalue weighted by atomic mass is 16.1. The first-order valence-electron chi connectivity index (χ1n) is 6.66. The summed E-state index contributed by atoms with van der Waals surface area (Å²) in [5.74, 6) is -0.254. The molecule has 0 aromatic heterocycles. The summed E-state index contributed by atoms with van der Waals surface area (Å²) < 4.78 is 0. The van der Waals surface area contributed by atoms with E-state index >= 15 is 0 Å². The summed E-state index contributed by atoms with van der Waals surface area (Å²) in [6.07, 6.45) is 1.23. The summed E-state index contributed by atoms with van der Waals surface area (Å²) in [7, 11) is 0. The molecule has 0 aliphatic carbocycles. The molecule has 4 nitrogen and oxygen atoms in total. The Morgan fingerprint density at radius 3 is 2.71 bits per heavy atom. The van der Waals surface area contributed by atoms with E-state index in [9.17, 15) is 4.79 Å². The van der Waals surface area contributed by atoms with Crippen LogP contribution in [0, 0.1) is 6.92 Å². The van der Waals surface area contributed by atoms with Crippen molar-refractivity contribution >= 4 is 17.3 Å². The van der Waals surface area contributed by atoms with Gasteiger partial charge in [0.2, 0.25) is 5.91 Å². The minimum Gasteiger partial charge on any atom is -0.398 e. The monoisotopic (exact) mass is 281 g/mol. The number of hydrogen-bond donors (Lipinski definition) is 3. The lowest BCUT2D eigenvalue weighted by atomic mass is 9.96. The third-order valence-corrected chi connectivity index (χ3v) is 3.28. The van der Waals surface area contributed by atoms with Crippen LogP contribution in [0.25, 0.3) is 0 Å². The number of carbonyl (C=O) groups is 1. The SMILES string of the molecule is C=CC(=O)Nc1cccc(C(N)c2ccc(C)cc2N)c1. The van der Waals surface area contributed by atoms with Gasteiger partial charge in [-0.1, -0.05) is 30.8 Å². The largest absolute Gasteiger partial charge is 0.398 e. The Bertz CT molecular complexity index is 679. The van der Waals surface area contributed by atoms with Gasteiger partial charge in [-0.05, 0) is 47.9 Å². The van der Waals surface area contributed by atoms with E-state index in [0.29, 0.717) is 11.4 Å². The van der Waals surface area contributed by atoms with Gasteiger partial charge in [-0.25, -0.2) is 0 Å². The lowest BCUT2D eigenvalue weighted by Gasteiger charge is -2.16. The van der Waals surface area contributed by atoms with Crippen LogP contribution in [0.15, 0.2) is 55.1 Å². The second-order valence-electron chi connectivity index (χ2n) is 4.93. The molecule has 0 bridgehead atoms. The number of hydrogen-bond acceptors (Lipinski definition) is 3. The molecule has 0 fully saturated rings. The van der Waals surface area contributed by atoms with Crippen molar-refractivity contribution in [2.24, 2.45) is 5.73 Å². The molecule has 0 spiro atoms. The van der Waals surface area contributed by atoms with Gasteiger partial charge in [0.05, 0.1) is 6.04 Å². The molecule has 0 saturated carbocycles. The topological polar surface area (TPSA) is 81.1 Å². The molecule has 0 aliphatic rings. The highest BCUT2D eigenvalue weighted by Crippen LogP contribution is 2.27. The predicted octanol–water partition coefficient (Wildman–Crippen LogP) is 2.75. The molecule has 2 aromatic rings. The molecular weight excluding hydrogens is 262 g/mol. The molecule has 108 valence electrons. The van der Waals surface area contributed by atoms with E-state index < -0.39 is 0 Å². The standard InChI is InChI=1S/C17H19N3O/c1-3-16(21)20-13-6-4-5-12(10-13)17(19)14-8-7-11(2)9-15(14)18/h3-10,17H,1,18-19H2,2H3,(H,20,21). The number of aryl methyl sites for hydroxylation is 1. The minimum absolute atomic E-state index is 0.254. The molecule has 2 rings (SSSR count). The van der Waals surface area contributed by atoms with Gasteiger partial charge in [-0.2, -0.15) is 0 Å². The number of nitrogens with one attached hydrogen (secondary N) is 1. The van der Waals surface area contributed by atoms with Crippen LogP contribution >= 0.6 is 0 Å². The van der Waals surface area contributed by atoms with E-state index in [-0.39, 0.29) is 11.9 Å². The Labute approximate surface area is 124 Å². The number of carbonyl (C=O) groups excluding carboxylic acids is 1. The number of nitrogens with two attached hydrogens (primary N) is 2. The van der Waals surface area contributed by atoms with E-state index in [2.05, 4.69) is 11.9 Å². The molecule has 1 unspecified atom stereocenters. The zero-order chi connectivity index (χ0) is 15.4. The highest BCUT2D eigenvalue weighted by Gasteiger charge is 2.12. The normalized spacial score (nSPS) is 11.7. The maximum Gasteiger partial charge on any atom is 0.247 e. The van der Waals surface area contributed by atoms with Crippen LogP contribution in [0.1, 0.15) is 22.7 Å². The first kappa shape index (κ1) is 14.8. The quantitative estimate of drug-likeness (QED) is 0.595. The van der Waals surface area contributed by atoms with E-state index in [1.165, 1.54) is 6.08 Å². The number of rotatable bonds is 4. The van der Waals surface area contributed by atoms with Gasteiger partial charge >= 0.3 is 0 Å². The van der Waals surface area contributed by atoms with Crippen LogP contribution < -0.4 is 16.8 Å². The first-order chi connectivity index (χ1) is 10.0. The molecule has 0 heterocycles. The Morgan fingerprint density at radius 2 is 2.05 bits per heavy atom. The second kappa shape index (κ2) is 6.24. The Hall–Kier alpha value is -2.59. The number of anilines is 2. The molecule has 0 aliphatic heterocycles. The summed E-state index contributed by atoms with van der Waals surface area (Å²) in [5, 5.41) is 2.72. The highest BCUT2D eigenvalue weighted by molar-refractivity contribution is 5.98. The fourth-order valence-corrected chi connectivity index (χ4v) is 2.16. The van der Waals surface area contributed by atoms with Crippen molar-refractivity contribution in [3.8, 4) is 0 Å². The van der Waals surface area contributed by atoms with Crippen LogP contribution in [0.4, 0.5) is 11.4 Å². The van der Waals surface area contributed by atoms with Gasteiger partial charge in [0, 0.05) is 11.4 Å². The van der Waals surface area contributed by atoms with E-state index in [0.717, 1.165) is 16.7 Å². The molecule has 5 N–H and O–H groups in total. The maximum atomic E-state index is 11.3. The first-order valence-corrected chi connectivity index (χ1v) is 6.66. The lowest BCUT2D eigenvalue weighted by molar-refractivity contribution is -0.111. The molecule has 1 atom stereocenters. The van der Waals surface area contributed by atoms with Gasteiger partial charge in [0.25, 0.3) is 0 Å². The average molecular weight is 281 g/mol. The average Bonchev–Trinajstić information content (AvgIpc) is 2.47. The third kappa shape index (κ3) is 3.49. The van der Waals surface area contributed by atoms with Crippen molar-refractivity contribution in [2.45, 2.75) is 13.0 Å². The van der Waals surface area contributed by atoms with Crippen molar-refractivity contribution in [3.63, 3.8) is 0 Å². The Kier molecular flexibility index (Phi) is 4.40. The van der Waals surface area contributed by atoms with Gasteiger partial charge < -0.3 is 16.8 Å². The van der Waals surface area contributed by atoms with Crippen molar-refractivity contribution in [2.75, 3.05) is 11.1 Å². The predicted molar refractivity (Wildman–Crippen MR) is 86.9 cm³/mol. The van der Waals surface area contributed by atoms with Crippen LogP contribution in [0.5, 0.6) is 0 Å². The maximum absolute atomic E-state index is 11.3. The van der Waals surface area contributed by atoms with E-state index in [1.807, 2.05) is 43.3 Å². The van der Waals surface area contributed by atoms with Gasteiger partial charge in [-0.15, -0.1) is 0 Å². The summed E-state index contributed by atoms with van der Waals surface area (Å²) >= 11 is 0. The summed E-state index contributed by atoms with van der Waals surface area (Å²) in [6.45, 7) is 5.41. The fourth-order valence-electron chi connectivity index (χ4n) is 2.16. The molecular formula is C17H19N3O. The van der Waals surface area contributed by atoms with Crippen LogP contribution in [-0.2, 0) is 4.79 Å². The Morgan fingerprint density at radius 1 is 1.29 bits per heavy atom. The zero-order valence-electron chi connectivity index (χ0n) is 12.0. The van der Waals surface area contributed by atoms with Crippen LogP contribution in [0.2, 0.25) is 0 Å².